The molecule has 1 aliphatic heterocycles. The van der Waals surface area contributed by atoms with E-state index in [2.05, 4.69) is 0 Å². The molecule has 2 aromatic rings. The highest BCUT2D eigenvalue weighted by Crippen LogP contribution is 2.53. The highest BCUT2D eigenvalue weighted by molar-refractivity contribution is 5.40. The second-order valence-corrected chi connectivity index (χ2v) is 7.15. The lowest BCUT2D eigenvalue weighted by Gasteiger charge is -2.30. The van der Waals surface area contributed by atoms with Crippen molar-refractivity contribution in [2.75, 3.05) is 13.7 Å². The summed E-state index contributed by atoms with van der Waals surface area (Å²) in [5, 5.41) is 10.3. The van der Waals surface area contributed by atoms with E-state index in [4.69, 9.17) is 14.2 Å². The first-order valence-electron chi connectivity index (χ1n) is 9.20. The molecule has 0 amide bonds. The van der Waals surface area contributed by atoms with E-state index < -0.39 is 47.3 Å². The molecule has 164 valence electrons. The van der Waals surface area contributed by atoms with E-state index in [0.717, 1.165) is 31.7 Å². The highest BCUT2D eigenvalue weighted by Gasteiger charge is 2.67. The standard InChI is InChI=1S/C21H21F5O4/c1-12-17(14-8-9-15(22)18(23)19(14)28-2)16(30-20(12,27)21(24,25)26)11-29-10-13-6-4-3-5-7-13/h3-9,12,16-17,27H,10-11H2,1-2H3/t12-,16+,17-,20-/m0/s1. The quantitative estimate of drug-likeness (QED) is 0.680. The van der Waals surface area contributed by atoms with Crippen molar-refractivity contribution in [1.82, 2.24) is 0 Å². The van der Waals surface area contributed by atoms with Crippen LogP contribution in [0.1, 0.15) is 24.0 Å². The van der Waals surface area contributed by atoms with Crippen LogP contribution in [0.3, 0.4) is 0 Å². The van der Waals surface area contributed by atoms with Crippen molar-refractivity contribution < 1.29 is 41.3 Å². The van der Waals surface area contributed by atoms with Crippen LogP contribution in [0.15, 0.2) is 42.5 Å². The lowest BCUT2D eigenvalue weighted by molar-refractivity contribution is -0.370. The highest BCUT2D eigenvalue weighted by atomic mass is 19.4. The fourth-order valence-electron chi connectivity index (χ4n) is 3.79. The summed E-state index contributed by atoms with van der Waals surface area (Å²) >= 11 is 0. The van der Waals surface area contributed by atoms with Crippen molar-refractivity contribution in [2.45, 2.75) is 37.5 Å². The van der Waals surface area contributed by atoms with Gasteiger partial charge in [0.15, 0.2) is 11.6 Å². The van der Waals surface area contributed by atoms with Gasteiger partial charge in [-0.1, -0.05) is 43.3 Å². The second kappa shape index (κ2) is 8.49. The lowest BCUT2D eigenvalue weighted by atomic mass is 9.81. The van der Waals surface area contributed by atoms with Crippen LogP contribution in [0, 0.1) is 17.6 Å². The molecule has 1 saturated heterocycles. The van der Waals surface area contributed by atoms with E-state index in [1.54, 1.807) is 30.3 Å². The molecule has 4 atom stereocenters. The van der Waals surface area contributed by atoms with Crippen LogP contribution in [0.2, 0.25) is 0 Å². The summed E-state index contributed by atoms with van der Waals surface area (Å²) in [7, 11) is 1.08. The molecule has 1 N–H and O–H groups in total. The molecular formula is C21H21F5O4. The summed E-state index contributed by atoms with van der Waals surface area (Å²) in [6, 6.07) is 10.9. The zero-order chi connectivity index (χ0) is 22.1. The normalized spacial score (nSPS) is 26.7. The van der Waals surface area contributed by atoms with Gasteiger partial charge in [0.1, 0.15) is 0 Å². The number of methoxy groups -OCH3 is 1. The number of halogens is 5. The number of aliphatic hydroxyl groups is 1. The number of ether oxygens (including phenoxy) is 3. The molecule has 0 radical (unpaired) electrons. The molecule has 2 aromatic carbocycles. The van der Waals surface area contributed by atoms with Crippen LogP contribution >= 0.6 is 0 Å². The molecule has 1 aliphatic rings. The number of rotatable bonds is 6. The van der Waals surface area contributed by atoms with Crippen molar-refractivity contribution in [3.05, 3.63) is 65.2 Å². The minimum atomic E-state index is -5.11. The molecule has 4 nitrogen and oxygen atoms in total. The van der Waals surface area contributed by atoms with Gasteiger partial charge in [0.2, 0.25) is 5.82 Å². The Morgan fingerprint density at radius 3 is 2.37 bits per heavy atom. The summed E-state index contributed by atoms with van der Waals surface area (Å²) in [4.78, 5) is 0. The second-order valence-electron chi connectivity index (χ2n) is 7.15. The van der Waals surface area contributed by atoms with Crippen molar-refractivity contribution in [3.63, 3.8) is 0 Å². The smallest absolute Gasteiger partial charge is 0.443 e. The third kappa shape index (κ3) is 4.01. The maximum atomic E-state index is 14.2. The first-order chi connectivity index (χ1) is 14.1. The Kier molecular flexibility index (Phi) is 6.35. The Labute approximate surface area is 170 Å². The zero-order valence-electron chi connectivity index (χ0n) is 16.2. The van der Waals surface area contributed by atoms with Gasteiger partial charge in [-0.15, -0.1) is 0 Å². The lowest BCUT2D eigenvalue weighted by Crippen LogP contribution is -2.49. The molecule has 0 unspecified atom stereocenters. The topological polar surface area (TPSA) is 47.9 Å². The average molecular weight is 432 g/mol. The molecule has 0 bridgehead atoms. The first-order valence-corrected chi connectivity index (χ1v) is 9.20. The zero-order valence-corrected chi connectivity index (χ0v) is 16.2. The summed E-state index contributed by atoms with van der Waals surface area (Å²) in [5.74, 6) is -9.25. The first kappa shape index (κ1) is 22.5. The van der Waals surface area contributed by atoms with Gasteiger partial charge in [-0.25, -0.2) is 4.39 Å². The van der Waals surface area contributed by atoms with Crippen LogP contribution < -0.4 is 4.74 Å². The van der Waals surface area contributed by atoms with Crippen molar-refractivity contribution in [1.29, 1.82) is 0 Å². The molecule has 30 heavy (non-hydrogen) atoms. The van der Waals surface area contributed by atoms with Crippen molar-refractivity contribution in [2.24, 2.45) is 5.92 Å². The molecule has 1 heterocycles. The predicted molar refractivity (Wildman–Crippen MR) is 96.8 cm³/mol. The van der Waals surface area contributed by atoms with Crippen LogP contribution in [0.25, 0.3) is 0 Å². The SMILES string of the molecule is COc1c([C@H]2[C@@H](COCc3ccccc3)O[C@](O)(C(F)(F)F)[C@H]2C)ccc(F)c1F. The minimum absolute atomic E-state index is 0.0441. The molecule has 1 fully saturated rings. The number of hydrogen-bond acceptors (Lipinski definition) is 4. The Hall–Kier alpha value is -2.23. The Bertz CT molecular complexity index is 874. The maximum absolute atomic E-state index is 14.2. The Morgan fingerprint density at radius 1 is 1.10 bits per heavy atom. The van der Waals surface area contributed by atoms with Crippen LogP contribution in [-0.4, -0.2) is 36.9 Å². The molecule has 0 aliphatic carbocycles. The molecule has 0 spiro atoms. The monoisotopic (exact) mass is 432 g/mol. The largest absolute Gasteiger partial charge is 0.493 e. The third-order valence-electron chi connectivity index (χ3n) is 5.33. The molecule has 0 saturated carbocycles. The average Bonchev–Trinajstić information content (AvgIpc) is 2.96. The fraction of sp³-hybridized carbons (Fsp3) is 0.429. The Morgan fingerprint density at radius 2 is 1.77 bits per heavy atom. The molecule has 3 rings (SSSR count). The minimum Gasteiger partial charge on any atom is -0.493 e. The van der Waals surface area contributed by atoms with Gasteiger partial charge in [-0.05, 0) is 11.6 Å². The van der Waals surface area contributed by atoms with E-state index in [-0.39, 0.29) is 18.8 Å². The van der Waals surface area contributed by atoms with Gasteiger partial charge in [0.05, 0.1) is 26.4 Å². The number of alkyl halides is 3. The van der Waals surface area contributed by atoms with E-state index in [1.807, 2.05) is 0 Å². The van der Waals surface area contributed by atoms with Crippen molar-refractivity contribution in [3.8, 4) is 5.75 Å². The van der Waals surface area contributed by atoms with Crippen molar-refractivity contribution >= 4 is 0 Å². The molecule has 9 heteroatoms. The summed E-state index contributed by atoms with van der Waals surface area (Å²) in [6.45, 7) is 0.918. The van der Waals surface area contributed by atoms with E-state index in [1.165, 1.54) is 0 Å². The van der Waals surface area contributed by atoms with E-state index >= 15 is 0 Å². The molecular weight excluding hydrogens is 411 g/mol. The summed E-state index contributed by atoms with van der Waals surface area (Å²) < 4.78 is 84.1. The third-order valence-corrected chi connectivity index (χ3v) is 5.33. The number of benzene rings is 2. The summed E-state index contributed by atoms with van der Waals surface area (Å²) in [5.41, 5.74) is 0.744. The Balaban J connectivity index is 1.93. The van der Waals surface area contributed by atoms with Gasteiger partial charge in [0, 0.05) is 17.4 Å². The van der Waals surface area contributed by atoms with E-state index in [0.29, 0.717) is 0 Å². The predicted octanol–water partition coefficient (Wildman–Crippen LogP) is 4.56. The van der Waals surface area contributed by atoms with Crippen LogP contribution in [-0.2, 0) is 16.1 Å². The summed E-state index contributed by atoms with van der Waals surface area (Å²) in [6.07, 6.45) is -6.39. The maximum Gasteiger partial charge on any atom is 0.443 e. The number of hydrogen-bond donors (Lipinski definition) is 1. The fourth-order valence-corrected chi connectivity index (χ4v) is 3.79. The van der Waals surface area contributed by atoms with Gasteiger partial charge < -0.3 is 19.3 Å². The van der Waals surface area contributed by atoms with Gasteiger partial charge in [0.25, 0.3) is 5.79 Å². The van der Waals surface area contributed by atoms with Gasteiger partial charge >= 0.3 is 6.18 Å². The van der Waals surface area contributed by atoms with E-state index in [9.17, 15) is 27.1 Å². The van der Waals surface area contributed by atoms with Crippen LogP contribution in [0.5, 0.6) is 5.75 Å². The van der Waals surface area contributed by atoms with Crippen LogP contribution in [0.4, 0.5) is 22.0 Å². The molecule has 0 aromatic heterocycles. The van der Waals surface area contributed by atoms with Gasteiger partial charge in [-0.3, -0.25) is 0 Å². The van der Waals surface area contributed by atoms with Gasteiger partial charge in [-0.2, -0.15) is 17.6 Å².